The summed E-state index contributed by atoms with van der Waals surface area (Å²) in [5, 5.41) is 16.1. The molecule has 0 radical (unpaired) electrons. The number of carbonyl (C=O) groups excluding carboxylic acids is 2. The summed E-state index contributed by atoms with van der Waals surface area (Å²) in [5.41, 5.74) is 2.14. The molecule has 1 amide bonds. The molecule has 0 saturated carbocycles. The Morgan fingerprint density at radius 1 is 1.16 bits per heavy atom. The van der Waals surface area contributed by atoms with Gasteiger partial charge in [-0.2, -0.15) is 10.4 Å². The third-order valence-electron chi connectivity index (χ3n) is 4.26. The second-order valence-corrected chi connectivity index (χ2v) is 7.50. The molecule has 158 valence electrons. The summed E-state index contributed by atoms with van der Waals surface area (Å²) in [5.74, 6) is -1.04. The fourth-order valence-corrected chi connectivity index (χ4v) is 3.16. The molecule has 3 aromatic rings. The molecule has 1 aromatic carbocycles. The maximum atomic E-state index is 12.6. The zero-order chi connectivity index (χ0) is 22.7. The fraction of sp³-hybridized carbons (Fsp3) is 0.190. The second kappa shape index (κ2) is 9.16. The van der Waals surface area contributed by atoms with Gasteiger partial charge in [0.1, 0.15) is 6.07 Å². The van der Waals surface area contributed by atoms with Crippen molar-refractivity contribution in [2.24, 2.45) is 0 Å². The summed E-state index contributed by atoms with van der Waals surface area (Å²) in [6.45, 7) is 5.11. The SMILES string of the molecule is Cc1cc(C)n(-c2ccc(Cl)c(C(=O)OC(C)C(=O)Nc3ccc(C#N)c(Cl)c3)n2)n1. The van der Waals surface area contributed by atoms with E-state index in [1.807, 2.05) is 26.0 Å². The van der Waals surface area contributed by atoms with Crippen molar-refractivity contribution >= 4 is 40.8 Å². The highest BCUT2D eigenvalue weighted by Crippen LogP contribution is 2.21. The van der Waals surface area contributed by atoms with Crippen molar-refractivity contribution in [2.45, 2.75) is 26.9 Å². The number of aromatic nitrogens is 3. The largest absolute Gasteiger partial charge is 0.448 e. The van der Waals surface area contributed by atoms with E-state index in [1.165, 1.54) is 31.2 Å². The molecule has 2 heterocycles. The second-order valence-electron chi connectivity index (χ2n) is 6.68. The molecule has 0 spiro atoms. The summed E-state index contributed by atoms with van der Waals surface area (Å²) in [6, 6.07) is 11.4. The van der Waals surface area contributed by atoms with Crippen LogP contribution >= 0.6 is 23.2 Å². The number of nitriles is 1. The van der Waals surface area contributed by atoms with Gasteiger partial charge in [0, 0.05) is 11.4 Å². The van der Waals surface area contributed by atoms with E-state index in [0.717, 1.165) is 11.4 Å². The lowest BCUT2D eigenvalue weighted by molar-refractivity contribution is -0.123. The number of nitrogens with one attached hydrogen (secondary N) is 1. The van der Waals surface area contributed by atoms with E-state index in [4.69, 9.17) is 33.2 Å². The minimum Gasteiger partial charge on any atom is -0.448 e. The fourth-order valence-electron chi connectivity index (χ4n) is 2.75. The number of benzene rings is 1. The maximum Gasteiger partial charge on any atom is 0.359 e. The zero-order valence-corrected chi connectivity index (χ0v) is 18.3. The number of ether oxygens (including phenoxy) is 1. The van der Waals surface area contributed by atoms with Crippen molar-refractivity contribution in [2.75, 3.05) is 5.32 Å². The molecule has 0 aliphatic rings. The Bertz CT molecular complexity index is 1220. The zero-order valence-electron chi connectivity index (χ0n) is 16.8. The Labute approximate surface area is 188 Å². The first kappa shape index (κ1) is 22.3. The van der Waals surface area contributed by atoms with Gasteiger partial charge in [-0.15, -0.1) is 0 Å². The summed E-state index contributed by atoms with van der Waals surface area (Å²) in [6.07, 6.45) is -1.14. The van der Waals surface area contributed by atoms with Gasteiger partial charge < -0.3 is 10.1 Å². The van der Waals surface area contributed by atoms with Gasteiger partial charge >= 0.3 is 5.97 Å². The Morgan fingerprint density at radius 2 is 1.90 bits per heavy atom. The Hall–Kier alpha value is -3.41. The van der Waals surface area contributed by atoms with Crippen molar-refractivity contribution < 1.29 is 14.3 Å². The molecule has 3 rings (SSSR count). The van der Waals surface area contributed by atoms with E-state index in [1.54, 1.807) is 10.7 Å². The Balaban J connectivity index is 1.74. The normalized spacial score (nSPS) is 11.5. The average Bonchev–Trinajstić information content (AvgIpc) is 3.06. The number of carbonyl (C=O) groups is 2. The molecular formula is C21H17Cl2N5O3. The number of pyridine rings is 1. The van der Waals surface area contributed by atoms with Crippen LogP contribution in [-0.4, -0.2) is 32.7 Å². The highest BCUT2D eigenvalue weighted by atomic mass is 35.5. The summed E-state index contributed by atoms with van der Waals surface area (Å²) < 4.78 is 6.82. The molecule has 1 atom stereocenters. The lowest BCUT2D eigenvalue weighted by Crippen LogP contribution is -2.30. The van der Waals surface area contributed by atoms with E-state index in [9.17, 15) is 9.59 Å². The summed E-state index contributed by atoms with van der Waals surface area (Å²) >= 11 is 12.1. The number of amides is 1. The van der Waals surface area contributed by atoms with E-state index in [2.05, 4.69) is 15.4 Å². The van der Waals surface area contributed by atoms with Crippen LogP contribution in [0.3, 0.4) is 0 Å². The number of nitrogens with zero attached hydrogens (tertiary/aromatic N) is 4. The number of rotatable bonds is 5. The first-order valence-corrected chi connectivity index (χ1v) is 9.87. The molecule has 0 aliphatic heterocycles. The summed E-state index contributed by atoms with van der Waals surface area (Å²) in [7, 11) is 0. The molecule has 31 heavy (non-hydrogen) atoms. The molecule has 0 aliphatic carbocycles. The third-order valence-corrected chi connectivity index (χ3v) is 4.88. The van der Waals surface area contributed by atoms with Crippen LogP contribution in [0.5, 0.6) is 0 Å². The number of hydrogen-bond donors (Lipinski definition) is 1. The van der Waals surface area contributed by atoms with Crippen LogP contribution in [0.4, 0.5) is 5.69 Å². The van der Waals surface area contributed by atoms with Crippen LogP contribution in [0.1, 0.15) is 34.4 Å². The van der Waals surface area contributed by atoms with Crippen LogP contribution in [0.15, 0.2) is 36.4 Å². The molecule has 2 aromatic heterocycles. The van der Waals surface area contributed by atoms with Crippen LogP contribution in [0.25, 0.3) is 5.82 Å². The number of aryl methyl sites for hydroxylation is 2. The predicted molar refractivity (Wildman–Crippen MR) is 116 cm³/mol. The minimum absolute atomic E-state index is 0.0850. The topological polar surface area (TPSA) is 110 Å². The van der Waals surface area contributed by atoms with E-state index >= 15 is 0 Å². The Morgan fingerprint density at radius 3 is 2.52 bits per heavy atom. The monoisotopic (exact) mass is 457 g/mol. The van der Waals surface area contributed by atoms with Crippen LogP contribution in [-0.2, 0) is 9.53 Å². The quantitative estimate of drug-likeness (QED) is 0.573. The van der Waals surface area contributed by atoms with Crippen LogP contribution in [0, 0.1) is 25.2 Å². The van der Waals surface area contributed by atoms with Crippen molar-refractivity contribution in [1.29, 1.82) is 5.26 Å². The third kappa shape index (κ3) is 5.02. The van der Waals surface area contributed by atoms with Crippen molar-refractivity contribution in [3.8, 4) is 11.9 Å². The first-order chi connectivity index (χ1) is 14.7. The van der Waals surface area contributed by atoms with Crippen LogP contribution in [0.2, 0.25) is 10.0 Å². The highest BCUT2D eigenvalue weighted by Gasteiger charge is 2.23. The maximum absolute atomic E-state index is 12.6. The van der Waals surface area contributed by atoms with Crippen molar-refractivity contribution in [3.05, 3.63) is 69.1 Å². The van der Waals surface area contributed by atoms with Gasteiger partial charge in [0.15, 0.2) is 17.6 Å². The van der Waals surface area contributed by atoms with Crippen LogP contribution < -0.4 is 5.32 Å². The predicted octanol–water partition coefficient (Wildman–Crippen LogP) is 4.25. The van der Waals surface area contributed by atoms with Gasteiger partial charge in [-0.05, 0) is 57.2 Å². The highest BCUT2D eigenvalue weighted by molar-refractivity contribution is 6.33. The minimum atomic E-state index is -1.14. The van der Waals surface area contributed by atoms with E-state index in [-0.39, 0.29) is 21.3 Å². The van der Waals surface area contributed by atoms with Crippen molar-refractivity contribution in [1.82, 2.24) is 14.8 Å². The van der Waals surface area contributed by atoms with Gasteiger partial charge in [-0.25, -0.2) is 14.5 Å². The van der Waals surface area contributed by atoms with E-state index in [0.29, 0.717) is 11.5 Å². The van der Waals surface area contributed by atoms with Gasteiger partial charge in [-0.3, -0.25) is 4.79 Å². The molecule has 0 fully saturated rings. The van der Waals surface area contributed by atoms with Gasteiger partial charge in [0.25, 0.3) is 5.91 Å². The molecule has 1 N–H and O–H groups in total. The molecule has 10 heteroatoms. The summed E-state index contributed by atoms with van der Waals surface area (Å²) in [4.78, 5) is 29.3. The number of anilines is 1. The Kier molecular flexibility index (Phi) is 6.59. The molecule has 0 saturated heterocycles. The lowest BCUT2D eigenvalue weighted by Gasteiger charge is -2.14. The van der Waals surface area contributed by atoms with Gasteiger partial charge in [-0.1, -0.05) is 23.2 Å². The first-order valence-electron chi connectivity index (χ1n) is 9.11. The number of halogens is 2. The molecular weight excluding hydrogens is 441 g/mol. The van der Waals surface area contributed by atoms with E-state index < -0.39 is 18.0 Å². The average molecular weight is 458 g/mol. The standard InChI is InChI=1S/C21H17Cl2N5O3/c1-11-8-12(2)28(27-11)18-7-6-16(22)19(26-18)21(30)31-13(3)20(29)25-15-5-4-14(10-24)17(23)9-15/h4-9,13H,1-3H3,(H,25,29). The number of hydrogen-bond acceptors (Lipinski definition) is 6. The van der Waals surface area contributed by atoms with Gasteiger partial charge in [0.2, 0.25) is 0 Å². The lowest BCUT2D eigenvalue weighted by atomic mass is 10.2. The molecule has 0 bridgehead atoms. The van der Waals surface area contributed by atoms with Gasteiger partial charge in [0.05, 0.1) is 21.3 Å². The molecule has 8 nitrogen and oxygen atoms in total. The smallest absolute Gasteiger partial charge is 0.359 e. The molecule has 1 unspecified atom stereocenters. The van der Waals surface area contributed by atoms with Crippen molar-refractivity contribution in [3.63, 3.8) is 0 Å². The number of esters is 1.